The molecule has 0 fully saturated rings. The Hall–Kier alpha value is -8.41. The summed E-state index contributed by atoms with van der Waals surface area (Å²) in [5, 5.41) is 4.82. The van der Waals surface area contributed by atoms with Crippen molar-refractivity contribution < 1.29 is 0 Å². The molecule has 5 nitrogen and oxygen atoms in total. The van der Waals surface area contributed by atoms with Gasteiger partial charge in [0.25, 0.3) is 0 Å². The average Bonchev–Trinajstić information content (AvgIpc) is 3.88. The third-order valence-corrected chi connectivity index (χ3v) is 12.0. The monoisotopic (exact) mass is 791 g/mol. The first-order valence-corrected chi connectivity index (χ1v) is 21.0. The Balaban J connectivity index is 1.23. The molecule has 0 atom stereocenters. The molecule has 62 heavy (non-hydrogen) atoms. The fourth-order valence-electron chi connectivity index (χ4n) is 9.24. The van der Waals surface area contributed by atoms with Crippen LogP contribution < -0.4 is 0 Å². The van der Waals surface area contributed by atoms with Crippen LogP contribution in [0.2, 0.25) is 0 Å². The number of fused-ring (bicyclic) bond motifs is 7. The van der Waals surface area contributed by atoms with Crippen LogP contribution >= 0.6 is 0 Å². The van der Waals surface area contributed by atoms with Crippen molar-refractivity contribution in [3.63, 3.8) is 0 Å². The molecule has 3 aromatic heterocycles. The average molecular weight is 792 g/mol. The van der Waals surface area contributed by atoms with Gasteiger partial charge in [-0.15, -0.1) is 0 Å². The molecule has 0 saturated heterocycles. The molecule has 0 bridgehead atoms. The van der Waals surface area contributed by atoms with Gasteiger partial charge in [-0.1, -0.05) is 182 Å². The lowest BCUT2D eigenvalue weighted by Gasteiger charge is -2.20. The summed E-state index contributed by atoms with van der Waals surface area (Å²) in [6.45, 7) is 0. The first-order chi connectivity index (χ1) is 30.8. The highest BCUT2D eigenvalue weighted by Gasteiger charge is 2.25. The standard InChI is InChI=1S/C57H37N5/c1-6-20-38(21-7-1)47-36-43(37-48(39-22-8-2-9-23-39)52(47)57-59-55(40-24-10-3-11-25-40)58-56(60-57)41-26-12-4-13-27-41)62-49-32-18-16-30-44(49)45-34-35-51-53(54(45)62)46-31-17-19-33-50(46)61(51)42-28-14-5-15-29-42/h1-37H. The molecule has 12 aromatic rings. The zero-order chi connectivity index (χ0) is 41.0. The number of para-hydroxylation sites is 3. The highest BCUT2D eigenvalue weighted by atomic mass is 15.0. The van der Waals surface area contributed by atoms with Crippen molar-refractivity contribution in [2.75, 3.05) is 0 Å². The van der Waals surface area contributed by atoms with Crippen molar-refractivity contribution in [2.45, 2.75) is 0 Å². The second kappa shape index (κ2) is 14.7. The molecule has 0 spiro atoms. The van der Waals surface area contributed by atoms with E-state index in [2.05, 4.69) is 197 Å². The third-order valence-electron chi connectivity index (χ3n) is 12.0. The molecular formula is C57H37N5. The molecule has 0 unspecified atom stereocenters. The Morgan fingerprint density at radius 2 is 0.726 bits per heavy atom. The minimum absolute atomic E-state index is 0.609. The van der Waals surface area contributed by atoms with Crippen molar-refractivity contribution in [1.29, 1.82) is 0 Å². The van der Waals surface area contributed by atoms with Gasteiger partial charge in [-0.25, -0.2) is 15.0 Å². The van der Waals surface area contributed by atoms with Crippen LogP contribution in [0.1, 0.15) is 0 Å². The molecule has 0 aliphatic rings. The van der Waals surface area contributed by atoms with Gasteiger partial charge >= 0.3 is 0 Å². The molecule has 0 aliphatic heterocycles. The Labute approximate surface area is 358 Å². The van der Waals surface area contributed by atoms with Crippen molar-refractivity contribution >= 4 is 43.6 Å². The second-order valence-corrected chi connectivity index (χ2v) is 15.6. The lowest BCUT2D eigenvalue weighted by atomic mass is 9.90. The lowest BCUT2D eigenvalue weighted by molar-refractivity contribution is 1.07. The number of nitrogens with zero attached hydrogens (tertiary/aromatic N) is 5. The number of hydrogen-bond donors (Lipinski definition) is 0. The van der Waals surface area contributed by atoms with Crippen molar-refractivity contribution in [1.82, 2.24) is 24.1 Å². The van der Waals surface area contributed by atoms with Gasteiger partial charge < -0.3 is 9.13 Å². The molecule has 0 radical (unpaired) electrons. The molecule has 12 rings (SSSR count). The Bertz CT molecular complexity index is 3480. The van der Waals surface area contributed by atoms with E-state index in [9.17, 15) is 0 Å². The Morgan fingerprint density at radius 1 is 0.290 bits per heavy atom. The summed E-state index contributed by atoms with van der Waals surface area (Å²) < 4.78 is 4.88. The smallest absolute Gasteiger partial charge is 0.165 e. The zero-order valence-corrected chi connectivity index (χ0v) is 33.6. The van der Waals surface area contributed by atoms with Gasteiger partial charge in [0.15, 0.2) is 17.5 Å². The fourth-order valence-corrected chi connectivity index (χ4v) is 9.24. The first kappa shape index (κ1) is 35.5. The Morgan fingerprint density at radius 3 is 1.27 bits per heavy atom. The number of aromatic nitrogens is 5. The van der Waals surface area contributed by atoms with Gasteiger partial charge in [-0.3, -0.25) is 0 Å². The Kier molecular flexibility index (Phi) is 8.42. The molecule has 0 aliphatic carbocycles. The summed E-state index contributed by atoms with van der Waals surface area (Å²) in [7, 11) is 0. The van der Waals surface area contributed by atoms with Crippen LogP contribution in [0.15, 0.2) is 224 Å². The molecule has 3 heterocycles. The van der Waals surface area contributed by atoms with Crippen molar-refractivity contribution in [3.05, 3.63) is 224 Å². The minimum Gasteiger partial charge on any atom is -0.309 e. The number of benzene rings is 9. The first-order valence-electron chi connectivity index (χ1n) is 21.0. The van der Waals surface area contributed by atoms with Gasteiger partial charge in [0.2, 0.25) is 0 Å². The quantitative estimate of drug-likeness (QED) is 0.162. The van der Waals surface area contributed by atoms with Crippen LogP contribution in [0, 0.1) is 0 Å². The molecule has 0 N–H and O–H groups in total. The molecule has 0 amide bonds. The van der Waals surface area contributed by atoms with E-state index in [0.29, 0.717) is 17.5 Å². The number of hydrogen-bond acceptors (Lipinski definition) is 3. The van der Waals surface area contributed by atoms with Gasteiger partial charge in [0.05, 0.1) is 22.1 Å². The topological polar surface area (TPSA) is 48.5 Å². The maximum absolute atomic E-state index is 5.34. The van der Waals surface area contributed by atoms with E-state index >= 15 is 0 Å². The molecular weight excluding hydrogens is 755 g/mol. The van der Waals surface area contributed by atoms with E-state index < -0.39 is 0 Å². The van der Waals surface area contributed by atoms with E-state index in [1.54, 1.807) is 0 Å². The van der Waals surface area contributed by atoms with Crippen LogP contribution in [0.3, 0.4) is 0 Å². The summed E-state index contributed by atoms with van der Waals surface area (Å²) in [5.41, 5.74) is 13.8. The summed E-state index contributed by atoms with van der Waals surface area (Å²) >= 11 is 0. The normalized spacial score (nSPS) is 11.5. The second-order valence-electron chi connectivity index (χ2n) is 15.6. The van der Waals surface area contributed by atoms with Crippen LogP contribution in [0.25, 0.3) is 111 Å². The summed E-state index contributed by atoms with van der Waals surface area (Å²) in [4.78, 5) is 15.8. The maximum Gasteiger partial charge on any atom is 0.165 e. The van der Waals surface area contributed by atoms with Crippen LogP contribution in [0.4, 0.5) is 0 Å². The van der Waals surface area contributed by atoms with E-state index in [4.69, 9.17) is 15.0 Å². The van der Waals surface area contributed by atoms with E-state index in [-0.39, 0.29) is 0 Å². The minimum atomic E-state index is 0.609. The van der Waals surface area contributed by atoms with Crippen LogP contribution in [-0.2, 0) is 0 Å². The van der Waals surface area contributed by atoms with Crippen molar-refractivity contribution in [2.24, 2.45) is 0 Å². The van der Waals surface area contributed by atoms with E-state index in [0.717, 1.165) is 61.4 Å². The van der Waals surface area contributed by atoms with Gasteiger partial charge in [0.1, 0.15) is 0 Å². The largest absolute Gasteiger partial charge is 0.309 e. The predicted octanol–water partition coefficient (Wildman–Crippen LogP) is 14.4. The zero-order valence-electron chi connectivity index (χ0n) is 33.6. The van der Waals surface area contributed by atoms with Gasteiger partial charge in [-0.2, -0.15) is 0 Å². The van der Waals surface area contributed by atoms with Crippen LogP contribution in [-0.4, -0.2) is 24.1 Å². The van der Waals surface area contributed by atoms with E-state index in [1.807, 2.05) is 36.4 Å². The summed E-state index contributed by atoms with van der Waals surface area (Å²) in [6.07, 6.45) is 0. The van der Waals surface area contributed by atoms with Gasteiger partial charge in [0, 0.05) is 49.6 Å². The highest BCUT2D eigenvalue weighted by Crippen LogP contribution is 2.46. The SMILES string of the molecule is c1ccc(-c2nc(-c3ccccc3)nc(-c3c(-c4ccccc4)cc(-n4c5ccccc5c5ccc6c(c7ccccc7n6-c6ccccc6)c54)cc3-c3ccccc3)n2)cc1. The maximum atomic E-state index is 5.34. The molecule has 9 aromatic carbocycles. The molecule has 290 valence electrons. The summed E-state index contributed by atoms with van der Waals surface area (Å²) in [5.74, 6) is 1.85. The van der Waals surface area contributed by atoms with Crippen LogP contribution in [0.5, 0.6) is 0 Å². The van der Waals surface area contributed by atoms with Crippen molar-refractivity contribution in [3.8, 4) is 67.8 Å². The van der Waals surface area contributed by atoms with Gasteiger partial charge in [-0.05, 0) is 64.7 Å². The lowest BCUT2D eigenvalue weighted by Crippen LogP contribution is -2.04. The molecule has 5 heteroatoms. The number of rotatable bonds is 7. The van der Waals surface area contributed by atoms with E-state index in [1.165, 1.54) is 32.6 Å². The third kappa shape index (κ3) is 5.82. The fraction of sp³-hybridized carbons (Fsp3) is 0. The molecule has 0 saturated carbocycles. The predicted molar refractivity (Wildman–Crippen MR) is 256 cm³/mol. The summed E-state index contributed by atoms with van der Waals surface area (Å²) in [6, 6.07) is 79.3. The highest BCUT2D eigenvalue weighted by molar-refractivity contribution is 6.26.